The minimum atomic E-state index is -0.765. The van der Waals surface area contributed by atoms with E-state index in [2.05, 4.69) is 9.97 Å². The van der Waals surface area contributed by atoms with Crippen molar-refractivity contribution in [1.82, 2.24) is 14.9 Å². The molecular weight excluding hydrogens is 444 g/mol. The van der Waals surface area contributed by atoms with E-state index < -0.39 is 11.7 Å². The summed E-state index contributed by atoms with van der Waals surface area (Å²) in [5, 5.41) is 0.539. The van der Waals surface area contributed by atoms with E-state index in [1.807, 2.05) is 19.1 Å². The average molecular weight is 465 g/mol. The number of carbonyl (C=O) groups excluding carboxylic acids is 2. The van der Waals surface area contributed by atoms with Gasteiger partial charge >= 0.3 is 6.09 Å². The number of likely N-dealkylation sites (tertiary alicyclic amines) is 1. The molecule has 2 saturated heterocycles. The van der Waals surface area contributed by atoms with Crippen molar-refractivity contribution in [3.63, 3.8) is 0 Å². The molecule has 1 spiro atoms. The Hall–Kier alpha value is -3.65. The van der Waals surface area contributed by atoms with E-state index in [0.717, 1.165) is 5.69 Å². The molecule has 4 heterocycles. The van der Waals surface area contributed by atoms with Crippen LogP contribution in [0.1, 0.15) is 22.5 Å². The first-order valence-corrected chi connectivity index (χ1v) is 10.9. The van der Waals surface area contributed by atoms with Gasteiger partial charge in [-0.3, -0.25) is 14.7 Å². The Bertz CT molecular complexity index is 1220. The van der Waals surface area contributed by atoms with Crippen molar-refractivity contribution in [2.24, 2.45) is 0 Å². The smallest absolute Gasteiger partial charge is 0.415 e. The van der Waals surface area contributed by atoms with Crippen LogP contribution >= 0.6 is 11.6 Å². The summed E-state index contributed by atoms with van der Waals surface area (Å²) in [6.45, 7) is 2.97. The highest BCUT2D eigenvalue weighted by molar-refractivity contribution is 6.30. The van der Waals surface area contributed by atoms with E-state index in [9.17, 15) is 9.59 Å². The molecule has 1 aromatic carbocycles. The third-order valence-electron chi connectivity index (χ3n) is 5.79. The monoisotopic (exact) mass is 464 g/mol. The maximum absolute atomic E-state index is 13.3. The number of aryl methyl sites for hydroxylation is 1. The Morgan fingerprint density at radius 3 is 2.82 bits per heavy atom. The number of hydrogen-bond donors (Lipinski definition) is 0. The molecule has 3 aromatic rings. The topological polar surface area (TPSA) is 84.9 Å². The lowest BCUT2D eigenvalue weighted by Crippen LogP contribution is -2.39. The number of benzene rings is 1. The normalized spacial score (nSPS) is 19.8. The highest BCUT2D eigenvalue weighted by Crippen LogP contribution is 2.36. The maximum atomic E-state index is 13.3. The second kappa shape index (κ2) is 8.37. The van der Waals surface area contributed by atoms with Gasteiger partial charge in [-0.25, -0.2) is 9.78 Å². The van der Waals surface area contributed by atoms with Gasteiger partial charge < -0.3 is 14.4 Å². The van der Waals surface area contributed by atoms with Gasteiger partial charge in [0, 0.05) is 35.6 Å². The summed E-state index contributed by atoms with van der Waals surface area (Å²) in [4.78, 5) is 37.6. The zero-order valence-electron chi connectivity index (χ0n) is 17.9. The van der Waals surface area contributed by atoms with Crippen LogP contribution in [0.2, 0.25) is 5.02 Å². The lowest BCUT2D eigenvalue weighted by Gasteiger charge is -2.22. The summed E-state index contributed by atoms with van der Waals surface area (Å²) in [7, 11) is 0. The molecule has 1 atom stereocenters. The third kappa shape index (κ3) is 4.21. The number of rotatable bonds is 4. The molecule has 0 N–H and O–H groups in total. The number of nitrogens with zero attached hydrogens (tertiary/aromatic N) is 4. The highest BCUT2D eigenvalue weighted by Gasteiger charge is 2.51. The first kappa shape index (κ1) is 21.2. The molecule has 2 aliphatic heterocycles. The van der Waals surface area contributed by atoms with Crippen LogP contribution in [0.4, 0.5) is 10.5 Å². The predicted molar refractivity (Wildman–Crippen MR) is 122 cm³/mol. The Labute approximate surface area is 195 Å². The molecule has 0 radical (unpaired) electrons. The number of anilines is 1. The van der Waals surface area contributed by atoms with Gasteiger partial charge in [-0.05, 0) is 49.4 Å². The minimum Gasteiger partial charge on any atom is -0.439 e. The second-order valence-electron chi connectivity index (χ2n) is 8.19. The Morgan fingerprint density at radius 2 is 2.03 bits per heavy atom. The Balaban J connectivity index is 1.33. The molecule has 2 aromatic heterocycles. The molecule has 9 heteroatoms. The molecule has 2 fully saturated rings. The van der Waals surface area contributed by atoms with Gasteiger partial charge in [0.05, 0.1) is 19.3 Å². The second-order valence-corrected chi connectivity index (χ2v) is 8.62. The van der Waals surface area contributed by atoms with Gasteiger partial charge in [-0.2, -0.15) is 0 Å². The number of pyridine rings is 2. The first-order chi connectivity index (χ1) is 15.9. The van der Waals surface area contributed by atoms with Crippen molar-refractivity contribution in [2.75, 3.05) is 24.5 Å². The number of carbonyl (C=O) groups is 2. The fraction of sp³-hybridized carbons (Fsp3) is 0.250. The van der Waals surface area contributed by atoms with Gasteiger partial charge in [0.25, 0.3) is 5.91 Å². The SMILES string of the molecule is Cc1ccc(Oc2ncccc2C(=O)N2CCC3(C2)CN(c2cccc(Cl)c2)C(=O)O3)cn1. The summed E-state index contributed by atoms with van der Waals surface area (Å²) in [6, 6.07) is 14.0. The van der Waals surface area contributed by atoms with Crippen molar-refractivity contribution < 1.29 is 19.1 Å². The molecule has 33 heavy (non-hydrogen) atoms. The zero-order chi connectivity index (χ0) is 23.0. The number of ether oxygens (including phenoxy) is 2. The van der Waals surface area contributed by atoms with E-state index in [4.69, 9.17) is 21.1 Å². The number of halogens is 1. The summed E-state index contributed by atoms with van der Waals surface area (Å²) < 4.78 is 11.6. The molecule has 5 rings (SSSR count). The van der Waals surface area contributed by atoms with E-state index in [1.165, 1.54) is 0 Å². The zero-order valence-corrected chi connectivity index (χ0v) is 18.7. The van der Waals surface area contributed by atoms with Crippen LogP contribution < -0.4 is 9.64 Å². The fourth-order valence-electron chi connectivity index (χ4n) is 4.13. The fourth-order valence-corrected chi connectivity index (χ4v) is 4.31. The van der Waals surface area contributed by atoms with E-state index >= 15 is 0 Å². The van der Waals surface area contributed by atoms with E-state index in [1.54, 1.807) is 58.6 Å². The largest absolute Gasteiger partial charge is 0.439 e. The summed E-state index contributed by atoms with van der Waals surface area (Å²) >= 11 is 6.08. The van der Waals surface area contributed by atoms with Crippen molar-refractivity contribution in [2.45, 2.75) is 18.9 Å². The lowest BCUT2D eigenvalue weighted by atomic mass is 10.0. The van der Waals surface area contributed by atoms with Crippen LogP contribution in [0.25, 0.3) is 0 Å². The van der Waals surface area contributed by atoms with Crippen LogP contribution in [-0.2, 0) is 4.74 Å². The van der Waals surface area contributed by atoms with Crippen LogP contribution in [0.5, 0.6) is 11.6 Å². The molecule has 2 aliphatic rings. The molecule has 168 valence electrons. The van der Waals surface area contributed by atoms with Gasteiger partial charge in [0.15, 0.2) is 5.60 Å². The van der Waals surface area contributed by atoms with Gasteiger partial charge in [0.2, 0.25) is 5.88 Å². The van der Waals surface area contributed by atoms with Crippen LogP contribution in [0.15, 0.2) is 60.9 Å². The van der Waals surface area contributed by atoms with E-state index in [-0.39, 0.29) is 18.3 Å². The molecule has 0 aliphatic carbocycles. The highest BCUT2D eigenvalue weighted by atomic mass is 35.5. The molecular formula is C24H21ClN4O4. The summed E-state index contributed by atoms with van der Waals surface area (Å²) in [6.07, 6.45) is 3.26. The van der Waals surface area contributed by atoms with Crippen molar-refractivity contribution in [3.8, 4) is 11.6 Å². The van der Waals surface area contributed by atoms with Crippen molar-refractivity contribution in [1.29, 1.82) is 0 Å². The van der Waals surface area contributed by atoms with E-state index in [0.29, 0.717) is 41.5 Å². The van der Waals surface area contributed by atoms with Crippen LogP contribution in [0.3, 0.4) is 0 Å². The van der Waals surface area contributed by atoms with Gasteiger partial charge in [-0.15, -0.1) is 0 Å². The predicted octanol–water partition coefficient (Wildman–Crippen LogP) is 4.47. The standard InChI is InChI=1S/C24H21ClN4O4/c1-16-7-8-19(13-27-16)32-21-20(6-3-10-26-21)22(30)28-11-9-24(14-28)15-29(23(31)33-24)18-5-2-4-17(25)12-18/h2-8,10,12-13H,9,11,14-15H2,1H3. The Kier molecular flexibility index (Phi) is 5.38. The van der Waals surface area contributed by atoms with Crippen molar-refractivity contribution >= 4 is 29.3 Å². The van der Waals surface area contributed by atoms with Gasteiger partial charge in [-0.1, -0.05) is 17.7 Å². The van der Waals surface area contributed by atoms with Crippen molar-refractivity contribution in [3.05, 3.63) is 77.2 Å². The molecule has 2 amide bonds. The van der Waals surface area contributed by atoms with Crippen LogP contribution in [-0.4, -0.2) is 52.1 Å². The number of hydrogen-bond acceptors (Lipinski definition) is 6. The molecule has 1 unspecified atom stereocenters. The molecule has 0 saturated carbocycles. The number of aromatic nitrogens is 2. The summed E-state index contributed by atoms with van der Waals surface area (Å²) in [5.74, 6) is 0.471. The molecule has 8 nitrogen and oxygen atoms in total. The molecule has 0 bridgehead atoms. The van der Waals surface area contributed by atoms with Crippen LogP contribution in [0, 0.1) is 6.92 Å². The number of amides is 2. The Morgan fingerprint density at radius 1 is 1.15 bits per heavy atom. The summed E-state index contributed by atoms with van der Waals surface area (Å²) in [5.41, 5.74) is 1.11. The maximum Gasteiger partial charge on any atom is 0.415 e. The third-order valence-corrected chi connectivity index (χ3v) is 6.03. The van der Waals surface area contributed by atoms with Gasteiger partial charge in [0.1, 0.15) is 11.3 Å². The minimum absolute atomic E-state index is 0.207. The quantitative estimate of drug-likeness (QED) is 0.566. The lowest BCUT2D eigenvalue weighted by molar-refractivity contribution is 0.0552. The first-order valence-electron chi connectivity index (χ1n) is 10.5. The average Bonchev–Trinajstić information content (AvgIpc) is 3.37.